The van der Waals surface area contributed by atoms with Crippen LogP contribution in [0.25, 0.3) is 0 Å². The van der Waals surface area contributed by atoms with Gasteiger partial charge in [-0.15, -0.1) is 0 Å². The smallest absolute Gasteiger partial charge is 0.302 e. The molecule has 3 nitrogen and oxygen atoms in total. The van der Waals surface area contributed by atoms with Crippen molar-refractivity contribution in [2.75, 3.05) is 6.61 Å². The van der Waals surface area contributed by atoms with Crippen LogP contribution in [0.15, 0.2) is 0 Å². The molecule has 0 spiro atoms. The number of rotatable bonds is 5. The average Bonchev–Trinajstić information content (AvgIpc) is 1.98. The van der Waals surface area contributed by atoms with Gasteiger partial charge in [0.25, 0.3) is 0 Å². The number of esters is 1. The van der Waals surface area contributed by atoms with Gasteiger partial charge in [0.2, 0.25) is 0 Å². The van der Waals surface area contributed by atoms with Gasteiger partial charge in [-0.2, -0.15) is 0 Å². The van der Waals surface area contributed by atoms with Crippen LogP contribution in [0.4, 0.5) is 0 Å². The molecule has 66 valence electrons. The molecule has 0 aliphatic rings. The molecule has 0 aromatic carbocycles. The summed E-state index contributed by atoms with van der Waals surface area (Å²) in [6.07, 6.45) is 0.789. The maximum atomic E-state index is 10.4. The number of ether oxygens (including phenoxy) is 1. The molecular formula is C7H16O3Si. The summed E-state index contributed by atoms with van der Waals surface area (Å²) in [5, 5.41) is 0. The van der Waals surface area contributed by atoms with E-state index in [-0.39, 0.29) is 5.97 Å². The van der Waals surface area contributed by atoms with Crippen LogP contribution in [0.5, 0.6) is 0 Å². The Bertz CT molecular complexity index is 150. The molecule has 0 aromatic rings. The fraction of sp³-hybridized carbons (Fsp3) is 0.857. The largest absolute Gasteiger partial charge is 0.466 e. The lowest BCUT2D eigenvalue weighted by molar-refractivity contribution is -0.140. The Hall–Kier alpha value is -0.353. The SMILES string of the molecule is [3H]O[Si](C)(C)CCCOC(C)=O. The van der Waals surface area contributed by atoms with Gasteiger partial charge in [-0.25, -0.2) is 0 Å². The van der Waals surface area contributed by atoms with Gasteiger partial charge in [-0.3, -0.25) is 4.79 Å². The molecular weight excluding hydrogens is 160 g/mol. The lowest BCUT2D eigenvalue weighted by Gasteiger charge is -2.12. The Morgan fingerprint density at radius 1 is 1.73 bits per heavy atom. The highest BCUT2D eigenvalue weighted by Gasteiger charge is 2.15. The molecule has 0 aliphatic carbocycles. The van der Waals surface area contributed by atoms with Crippen LogP contribution in [-0.4, -0.2) is 27.1 Å². The number of carbonyl (C=O) groups is 1. The zero-order valence-corrected chi connectivity index (χ0v) is 8.35. The van der Waals surface area contributed by atoms with Crippen LogP contribution in [0.1, 0.15) is 13.3 Å². The van der Waals surface area contributed by atoms with E-state index in [0.29, 0.717) is 6.61 Å². The first-order valence-electron chi connectivity index (χ1n) is 4.16. The minimum absolute atomic E-state index is 0.249. The van der Waals surface area contributed by atoms with Crippen molar-refractivity contribution in [3.63, 3.8) is 0 Å². The van der Waals surface area contributed by atoms with E-state index in [2.05, 4.69) is 4.80 Å². The minimum Gasteiger partial charge on any atom is -0.466 e. The van der Waals surface area contributed by atoms with Gasteiger partial charge in [0.1, 0.15) is 0 Å². The topological polar surface area (TPSA) is 46.5 Å². The molecule has 1 N–H and O–H groups in total. The second-order valence-corrected chi connectivity index (χ2v) is 7.22. The molecule has 11 heavy (non-hydrogen) atoms. The van der Waals surface area contributed by atoms with E-state index in [4.69, 9.17) is 6.17 Å². The Kier molecular flexibility index (Phi) is 3.58. The lowest BCUT2D eigenvalue weighted by Crippen LogP contribution is -2.24. The molecule has 0 aliphatic heterocycles. The molecule has 0 radical (unpaired) electrons. The van der Waals surface area contributed by atoms with Crippen LogP contribution in [-0.2, 0) is 9.53 Å². The monoisotopic (exact) mass is 178 g/mol. The van der Waals surface area contributed by atoms with Crippen LogP contribution in [0.2, 0.25) is 19.1 Å². The van der Waals surface area contributed by atoms with E-state index >= 15 is 0 Å². The van der Waals surface area contributed by atoms with Crippen LogP contribution < -0.4 is 0 Å². The second kappa shape index (κ2) is 4.51. The predicted molar refractivity (Wildman–Crippen MR) is 45.8 cm³/mol. The highest BCUT2D eigenvalue weighted by Crippen LogP contribution is 2.07. The fourth-order valence-corrected chi connectivity index (χ4v) is 1.71. The van der Waals surface area contributed by atoms with Crippen molar-refractivity contribution in [1.29, 1.82) is 1.43 Å². The molecule has 0 amide bonds. The first-order chi connectivity index (χ1) is 5.48. The maximum Gasteiger partial charge on any atom is 0.302 e. The van der Waals surface area contributed by atoms with Crippen molar-refractivity contribution < 1.29 is 14.3 Å². The standard InChI is InChI=1S/C7H16O3Si/c1-7(8)10-5-4-6-11(2,3)9/h9H,4-6H2,1-3H3/i9T. The molecule has 0 atom stereocenters. The Morgan fingerprint density at radius 2 is 2.36 bits per heavy atom. The van der Waals surface area contributed by atoms with Crippen molar-refractivity contribution in [3.05, 3.63) is 0 Å². The van der Waals surface area contributed by atoms with E-state index in [1.54, 1.807) is 0 Å². The summed E-state index contributed by atoms with van der Waals surface area (Å²) in [6.45, 7) is 5.76. The summed E-state index contributed by atoms with van der Waals surface area (Å²) < 4.78 is 11.5. The second-order valence-electron chi connectivity index (χ2n) is 3.20. The minimum atomic E-state index is -1.77. The van der Waals surface area contributed by atoms with Gasteiger partial charge < -0.3 is 9.53 Å². The molecule has 0 aromatic heterocycles. The molecule has 4 heteroatoms. The van der Waals surface area contributed by atoms with Gasteiger partial charge in [0.05, 0.1) is 6.61 Å². The van der Waals surface area contributed by atoms with E-state index in [1.165, 1.54) is 6.92 Å². The Labute approximate surface area is 70.0 Å². The van der Waals surface area contributed by atoms with E-state index in [1.807, 2.05) is 13.1 Å². The zero-order chi connectivity index (χ0) is 9.61. The van der Waals surface area contributed by atoms with Gasteiger partial charge in [-0.05, 0) is 25.6 Å². The van der Waals surface area contributed by atoms with Crippen molar-refractivity contribution in [2.24, 2.45) is 0 Å². The normalized spacial score (nSPS) is 12.5. The molecule has 0 unspecified atom stereocenters. The number of hydrogen-bond acceptors (Lipinski definition) is 3. The number of carbonyl (C=O) groups excluding carboxylic acids is 1. The molecule has 0 fully saturated rings. The third-order valence-electron chi connectivity index (χ3n) is 1.23. The first kappa shape index (κ1) is 8.74. The van der Waals surface area contributed by atoms with Crippen molar-refractivity contribution in [3.8, 4) is 0 Å². The maximum absolute atomic E-state index is 10.4. The molecule has 0 saturated carbocycles. The predicted octanol–water partition coefficient (Wildman–Crippen LogP) is 1.14. The van der Waals surface area contributed by atoms with Gasteiger partial charge in [-0.1, -0.05) is 0 Å². The Balaban J connectivity index is 3.37. The number of hydrogen-bond donors (Lipinski definition) is 1. The average molecular weight is 178 g/mol. The lowest BCUT2D eigenvalue weighted by atomic mass is 10.5. The van der Waals surface area contributed by atoms with E-state index in [0.717, 1.165) is 12.5 Å². The quantitative estimate of drug-likeness (QED) is 0.390. The highest BCUT2D eigenvalue weighted by atomic mass is 28.4. The van der Waals surface area contributed by atoms with Crippen molar-refractivity contribution in [2.45, 2.75) is 32.5 Å². The molecule has 0 saturated heterocycles. The first-order valence-corrected chi connectivity index (χ1v) is 6.87. The highest BCUT2D eigenvalue weighted by molar-refractivity contribution is 6.69. The van der Waals surface area contributed by atoms with Crippen LogP contribution in [0.3, 0.4) is 0 Å². The van der Waals surface area contributed by atoms with Gasteiger partial charge in [0.15, 0.2) is 9.75 Å². The fourth-order valence-electron chi connectivity index (χ4n) is 0.714. The zero-order valence-electron chi connectivity index (χ0n) is 8.35. The third kappa shape index (κ3) is 9.65. The summed E-state index contributed by atoms with van der Waals surface area (Å²) in [4.78, 5) is 15.0. The van der Waals surface area contributed by atoms with Crippen molar-refractivity contribution in [1.82, 2.24) is 0 Å². The summed E-state index contributed by atoms with van der Waals surface area (Å²) in [6, 6.07) is 0.851. The Morgan fingerprint density at radius 3 is 2.82 bits per heavy atom. The summed E-state index contributed by atoms with van der Waals surface area (Å²) in [5.41, 5.74) is 0. The van der Waals surface area contributed by atoms with E-state index < -0.39 is 8.32 Å². The van der Waals surface area contributed by atoms with Gasteiger partial charge in [0, 0.05) is 6.92 Å². The summed E-state index contributed by atoms with van der Waals surface area (Å²) in [5.74, 6) is -0.249. The summed E-state index contributed by atoms with van der Waals surface area (Å²) in [7, 11) is -1.77. The third-order valence-corrected chi connectivity index (χ3v) is 2.79. The molecule has 0 rings (SSSR count). The van der Waals surface area contributed by atoms with E-state index in [9.17, 15) is 4.79 Å². The van der Waals surface area contributed by atoms with Crippen LogP contribution >= 0.6 is 0 Å². The molecule has 0 heterocycles. The molecule has 0 bridgehead atoms. The van der Waals surface area contributed by atoms with Gasteiger partial charge >= 0.3 is 5.97 Å². The van der Waals surface area contributed by atoms with Crippen LogP contribution in [0, 0.1) is 0 Å². The summed E-state index contributed by atoms with van der Waals surface area (Å²) >= 11 is 0. The van der Waals surface area contributed by atoms with Crippen molar-refractivity contribution >= 4 is 14.3 Å².